The maximum Gasteiger partial charge on any atom is 0.302 e. The Hall–Kier alpha value is -1.12. The van der Waals surface area contributed by atoms with Gasteiger partial charge in [-0.15, -0.1) is 0 Å². The molecule has 3 fully saturated rings. The van der Waals surface area contributed by atoms with E-state index in [-0.39, 0.29) is 17.5 Å². The molecule has 4 aliphatic rings. The molecule has 25 heavy (non-hydrogen) atoms. The van der Waals surface area contributed by atoms with Crippen molar-refractivity contribution in [2.45, 2.75) is 78.2 Å². The molecule has 0 aliphatic heterocycles. The largest absolute Gasteiger partial charge is 0.463 e. The average molecular weight is 344 g/mol. The van der Waals surface area contributed by atoms with Gasteiger partial charge in [0.25, 0.3) is 0 Å². The molecule has 0 unspecified atom stereocenters. The highest BCUT2D eigenvalue weighted by atomic mass is 16.5. The number of carbonyl (C=O) groups is 2. The van der Waals surface area contributed by atoms with Gasteiger partial charge in [-0.25, -0.2) is 0 Å². The van der Waals surface area contributed by atoms with Gasteiger partial charge >= 0.3 is 5.97 Å². The number of allylic oxidation sites excluding steroid dienone is 2. The van der Waals surface area contributed by atoms with Crippen LogP contribution in [-0.4, -0.2) is 18.4 Å². The fourth-order valence-electron chi connectivity index (χ4n) is 7.29. The summed E-state index contributed by atoms with van der Waals surface area (Å²) in [5, 5.41) is 0. The van der Waals surface area contributed by atoms with E-state index >= 15 is 0 Å². The summed E-state index contributed by atoms with van der Waals surface area (Å²) in [5.41, 5.74) is 1.68. The standard InChI is InChI=1S/C22H32O3/c1-14(24)25-17-6-9-22(3)16(11-17)4-5-18-19(22)7-8-21(2)12-15(13-23)10-20(18)21/h12-13,16-20H,4-11H2,1-3H3/t16-,17-,18-,19+,20+,21-,22+/m1/s1. The van der Waals surface area contributed by atoms with Crippen molar-refractivity contribution in [3.05, 3.63) is 11.6 Å². The Morgan fingerprint density at radius 2 is 1.96 bits per heavy atom. The third kappa shape index (κ3) is 2.69. The number of hydrogen-bond donors (Lipinski definition) is 0. The monoisotopic (exact) mass is 344 g/mol. The van der Waals surface area contributed by atoms with Gasteiger partial charge in [0.05, 0.1) is 0 Å². The lowest BCUT2D eigenvalue weighted by Gasteiger charge is -2.60. The second kappa shape index (κ2) is 5.96. The fourth-order valence-corrected chi connectivity index (χ4v) is 7.29. The lowest BCUT2D eigenvalue weighted by molar-refractivity contribution is -0.158. The van der Waals surface area contributed by atoms with Crippen LogP contribution in [0.1, 0.15) is 72.1 Å². The summed E-state index contributed by atoms with van der Waals surface area (Å²) in [6, 6.07) is 0. The topological polar surface area (TPSA) is 43.4 Å². The maximum absolute atomic E-state index is 11.4. The molecule has 4 aliphatic carbocycles. The van der Waals surface area contributed by atoms with Crippen LogP contribution >= 0.6 is 0 Å². The van der Waals surface area contributed by atoms with Crippen molar-refractivity contribution in [1.29, 1.82) is 0 Å². The third-order valence-electron chi connectivity index (χ3n) is 8.51. The van der Waals surface area contributed by atoms with Crippen LogP contribution in [0.3, 0.4) is 0 Å². The molecule has 0 radical (unpaired) electrons. The zero-order chi connectivity index (χ0) is 17.8. The van der Waals surface area contributed by atoms with Gasteiger partial charge in [-0.2, -0.15) is 0 Å². The molecule has 0 aromatic heterocycles. The molecule has 0 bridgehead atoms. The number of fused-ring (bicyclic) bond motifs is 5. The minimum absolute atomic E-state index is 0.130. The Morgan fingerprint density at radius 3 is 2.68 bits per heavy atom. The van der Waals surface area contributed by atoms with E-state index in [0.29, 0.717) is 17.3 Å². The second-order valence-corrected chi connectivity index (χ2v) is 9.75. The number of carbonyl (C=O) groups excluding carboxylic acids is 2. The summed E-state index contributed by atoms with van der Waals surface area (Å²) in [5.74, 6) is 2.77. The molecule has 0 spiro atoms. The van der Waals surface area contributed by atoms with Crippen molar-refractivity contribution >= 4 is 12.3 Å². The Labute approximate surface area is 151 Å². The Morgan fingerprint density at radius 1 is 1.16 bits per heavy atom. The number of esters is 1. The van der Waals surface area contributed by atoms with Crippen molar-refractivity contribution in [2.75, 3.05) is 0 Å². The van der Waals surface area contributed by atoms with Gasteiger partial charge < -0.3 is 4.74 Å². The molecule has 3 saturated carbocycles. The van der Waals surface area contributed by atoms with Crippen molar-refractivity contribution in [3.8, 4) is 0 Å². The Kier molecular flexibility index (Phi) is 4.12. The van der Waals surface area contributed by atoms with E-state index in [1.165, 1.54) is 39.0 Å². The molecule has 4 rings (SSSR count). The predicted molar refractivity (Wildman–Crippen MR) is 96.8 cm³/mol. The normalized spacial score (nSPS) is 48.6. The molecule has 3 heteroatoms. The van der Waals surface area contributed by atoms with Crippen molar-refractivity contribution < 1.29 is 14.3 Å². The van der Waals surface area contributed by atoms with Crippen LogP contribution in [0.4, 0.5) is 0 Å². The van der Waals surface area contributed by atoms with Gasteiger partial charge in [0.1, 0.15) is 12.4 Å². The molecule has 0 heterocycles. The lowest BCUT2D eigenvalue weighted by atomic mass is 9.45. The summed E-state index contributed by atoms with van der Waals surface area (Å²) >= 11 is 0. The van der Waals surface area contributed by atoms with E-state index in [1.54, 1.807) is 0 Å². The highest BCUT2D eigenvalue weighted by Gasteiger charge is 2.57. The molecular formula is C22H32O3. The Bertz CT molecular complexity index is 608. The first kappa shape index (κ1) is 17.3. The number of ether oxygens (including phenoxy) is 1. The third-order valence-corrected chi connectivity index (χ3v) is 8.51. The zero-order valence-electron chi connectivity index (χ0n) is 15.9. The molecule has 138 valence electrons. The first-order chi connectivity index (χ1) is 11.9. The quantitative estimate of drug-likeness (QED) is 0.539. The van der Waals surface area contributed by atoms with Crippen molar-refractivity contribution in [1.82, 2.24) is 0 Å². The van der Waals surface area contributed by atoms with Crippen molar-refractivity contribution in [2.24, 2.45) is 34.5 Å². The number of rotatable bonds is 2. The van der Waals surface area contributed by atoms with E-state index in [1.807, 2.05) is 0 Å². The number of aldehydes is 1. The molecule has 7 atom stereocenters. The van der Waals surface area contributed by atoms with Gasteiger partial charge in [0, 0.05) is 6.92 Å². The molecule has 0 aromatic carbocycles. The number of hydrogen-bond acceptors (Lipinski definition) is 3. The van der Waals surface area contributed by atoms with Gasteiger partial charge in [-0.05, 0) is 91.4 Å². The fraction of sp³-hybridized carbons (Fsp3) is 0.818. The van der Waals surface area contributed by atoms with Crippen LogP contribution in [0, 0.1) is 34.5 Å². The molecule has 0 N–H and O–H groups in total. The van der Waals surface area contributed by atoms with E-state index in [9.17, 15) is 9.59 Å². The Balaban J connectivity index is 1.54. The molecule has 0 aromatic rings. The average Bonchev–Trinajstić information content (AvgIpc) is 2.91. The summed E-state index contributed by atoms with van der Waals surface area (Å²) in [7, 11) is 0. The van der Waals surface area contributed by atoms with Crippen LogP contribution in [0.15, 0.2) is 11.6 Å². The minimum atomic E-state index is -0.130. The first-order valence-corrected chi connectivity index (χ1v) is 10.2. The van der Waals surface area contributed by atoms with E-state index in [4.69, 9.17) is 4.74 Å². The molecule has 0 saturated heterocycles. The smallest absolute Gasteiger partial charge is 0.302 e. The highest BCUT2D eigenvalue weighted by Crippen LogP contribution is 2.65. The molecular weight excluding hydrogens is 312 g/mol. The molecule has 3 nitrogen and oxygen atoms in total. The van der Waals surface area contributed by atoms with Crippen LogP contribution in [-0.2, 0) is 14.3 Å². The van der Waals surface area contributed by atoms with Gasteiger partial charge in [-0.1, -0.05) is 19.9 Å². The summed E-state index contributed by atoms with van der Waals surface area (Å²) in [6.07, 6.45) is 12.9. The van der Waals surface area contributed by atoms with Crippen LogP contribution in [0.5, 0.6) is 0 Å². The molecule has 0 amide bonds. The van der Waals surface area contributed by atoms with Crippen molar-refractivity contribution in [3.63, 3.8) is 0 Å². The lowest BCUT2D eigenvalue weighted by Crippen LogP contribution is -2.53. The SMILES string of the molecule is CC(=O)O[C@@H]1CC[C@@]2(C)[C@H](CC[C@@H]3[C@@H]2CC[C@]2(C)C=C(C=O)C[C@@H]32)C1. The first-order valence-electron chi connectivity index (χ1n) is 10.2. The van der Waals surface area contributed by atoms with Gasteiger partial charge in [0.15, 0.2) is 0 Å². The second-order valence-electron chi connectivity index (χ2n) is 9.75. The maximum atomic E-state index is 11.4. The summed E-state index contributed by atoms with van der Waals surface area (Å²) in [4.78, 5) is 22.7. The summed E-state index contributed by atoms with van der Waals surface area (Å²) < 4.78 is 5.55. The minimum Gasteiger partial charge on any atom is -0.463 e. The zero-order valence-corrected chi connectivity index (χ0v) is 15.9. The van der Waals surface area contributed by atoms with E-state index < -0.39 is 0 Å². The van der Waals surface area contributed by atoms with E-state index in [0.717, 1.165) is 43.0 Å². The van der Waals surface area contributed by atoms with Gasteiger partial charge in [-0.3, -0.25) is 9.59 Å². The van der Waals surface area contributed by atoms with Crippen LogP contribution in [0.2, 0.25) is 0 Å². The highest BCUT2D eigenvalue weighted by molar-refractivity contribution is 5.74. The summed E-state index contributed by atoms with van der Waals surface area (Å²) in [6.45, 7) is 6.44. The van der Waals surface area contributed by atoms with Crippen LogP contribution < -0.4 is 0 Å². The predicted octanol–water partition coefficient (Wildman–Crippen LogP) is 4.70. The van der Waals surface area contributed by atoms with Gasteiger partial charge in [0.2, 0.25) is 0 Å². The van der Waals surface area contributed by atoms with E-state index in [2.05, 4.69) is 19.9 Å². The van der Waals surface area contributed by atoms with Crippen LogP contribution in [0.25, 0.3) is 0 Å².